The first-order chi connectivity index (χ1) is 10.2. The first kappa shape index (κ1) is 13.6. The Morgan fingerprint density at radius 1 is 1.19 bits per heavy atom. The van der Waals surface area contributed by atoms with Crippen molar-refractivity contribution in [2.75, 3.05) is 7.11 Å². The topological polar surface area (TPSA) is 53.1 Å². The van der Waals surface area contributed by atoms with Crippen LogP contribution < -0.4 is 10.5 Å². The van der Waals surface area contributed by atoms with Crippen LogP contribution in [0.25, 0.3) is 22.4 Å². The zero-order chi connectivity index (χ0) is 14.8. The summed E-state index contributed by atoms with van der Waals surface area (Å²) in [5.41, 5.74) is 8.69. The van der Waals surface area contributed by atoms with Crippen LogP contribution in [0.5, 0.6) is 5.75 Å². The largest absolute Gasteiger partial charge is 0.497 e. The van der Waals surface area contributed by atoms with E-state index in [1.165, 1.54) is 0 Å². The molecule has 0 amide bonds. The first-order valence-corrected chi connectivity index (χ1v) is 6.98. The zero-order valence-corrected chi connectivity index (χ0v) is 12.4. The van der Waals surface area contributed by atoms with Crippen molar-refractivity contribution in [2.24, 2.45) is 5.73 Å². The number of nitrogens with zero attached hydrogens (tertiary/aromatic N) is 2. The number of nitrogens with two attached hydrogens (primary N) is 1. The molecule has 0 saturated heterocycles. The molecule has 106 valence electrons. The van der Waals surface area contributed by atoms with Crippen molar-refractivity contribution in [3.05, 3.63) is 48.5 Å². The van der Waals surface area contributed by atoms with Gasteiger partial charge < -0.3 is 15.0 Å². The second-order valence-electron chi connectivity index (χ2n) is 4.71. The summed E-state index contributed by atoms with van der Waals surface area (Å²) >= 11 is 5.06. The molecule has 2 N–H and O–H groups in total. The van der Waals surface area contributed by atoms with Gasteiger partial charge in [-0.05, 0) is 36.4 Å². The van der Waals surface area contributed by atoms with E-state index in [1.54, 1.807) is 7.11 Å². The highest BCUT2D eigenvalue weighted by Gasteiger charge is 2.12. The third-order valence-electron chi connectivity index (χ3n) is 3.32. The van der Waals surface area contributed by atoms with E-state index < -0.39 is 0 Å². The molecule has 5 heteroatoms. The molecule has 0 saturated carbocycles. The lowest BCUT2D eigenvalue weighted by molar-refractivity contribution is 0.415. The van der Waals surface area contributed by atoms with E-state index in [-0.39, 0.29) is 0 Å². The average Bonchev–Trinajstić information content (AvgIpc) is 2.86. The predicted octanol–water partition coefficient (Wildman–Crippen LogP) is 3.00. The number of para-hydroxylation sites is 2. The van der Waals surface area contributed by atoms with Crippen LogP contribution >= 0.6 is 12.2 Å². The van der Waals surface area contributed by atoms with Gasteiger partial charge in [-0.3, -0.25) is 0 Å². The zero-order valence-electron chi connectivity index (χ0n) is 11.6. The van der Waals surface area contributed by atoms with Crippen molar-refractivity contribution >= 4 is 28.2 Å². The minimum atomic E-state index is 0.438. The number of aromatic nitrogens is 2. The molecule has 1 heterocycles. The first-order valence-electron chi connectivity index (χ1n) is 6.57. The van der Waals surface area contributed by atoms with Gasteiger partial charge in [0.2, 0.25) is 0 Å². The molecule has 0 bridgehead atoms. The van der Waals surface area contributed by atoms with Gasteiger partial charge in [-0.1, -0.05) is 24.4 Å². The fraction of sp³-hybridized carbons (Fsp3) is 0.125. The van der Waals surface area contributed by atoms with Crippen molar-refractivity contribution in [1.29, 1.82) is 0 Å². The summed E-state index contributed by atoms with van der Waals surface area (Å²) in [7, 11) is 1.65. The molecule has 21 heavy (non-hydrogen) atoms. The Balaban J connectivity index is 2.17. The van der Waals surface area contributed by atoms with Gasteiger partial charge in [0, 0.05) is 5.56 Å². The molecule has 0 atom stereocenters. The highest BCUT2D eigenvalue weighted by atomic mass is 32.1. The fourth-order valence-electron chi connectivity index (χ4n) is 2.35. The molecule has 2 aromatic carbocycles. The maximum Gasteiger partial charge on any atom is 0.141 e. The molecule has 3 rings (SSSR count). The minimum Gasteiger partial charge on any atom is -0.497 e. The summed E-state index contributed by atoms with van der Waals surface area (Å²) in [6.45, 7) is 0.469. The van der Waals surface area contributed by atoms with Crippen LogP contribution in [0.2, 0.25) is 0 Å². The highest BCUT2D eigenvalue weighted by molar-refractivity contribution is 7.80. The molecule has 3 aromatic rings. The number of hydrogen-bond acceptors (Lipinski definition) is 3. The molecule has 1 aromatic heterocycles. The Morgan fingerprint density at radius 2 is 1.90 bits per heavy atom. The van der Waals surface area contributed by atoms with Gasteiger partial charge in [0.15, 0.2) is 0 Å². The number of hydrogen-bond donors (Lipinski definition) is 1. The van der Waals surface area contributed by atoms with Gasteiger partial charge in [0.1, 0.15) is 11.6 Å². The number of methoxy groups -OCH3 is 1. The number of ether oxygens (including phenoxy) is 1. The van der Waals surface area contributed by atoms with Crippen LogP contribution in [-0.2, 0) is 6.54 Å². The van der Waals surface area contributed by atoms with Gasteiger partial charge >= 0.3 is 0 Å². The van der Waals surface area contributed by atoms with Crippen LogP contribution in [0.15, 0.2) is 48.5 Å². The lowest BCUT2D eigenvalue weighted by atomic mass is 10.2. The van der Waals surface area contributed by atoms with Crippen LogP contribution in [-0.4, -0.2) is 21.6 Å². The van der Waals surface area contributed by atoms with Crippen molar-refractivity contribution in [1.82, 2.24) is 9.55 Å². The normalized spacial score (nSPS) is 10.7. The standard InChI is InChI=1S/C16H15N3OS/c1-20-12-8-6-11(7-9-12)16-18-13-4-2-3-5-14(13)19(16)10-15(17)21/h2-9H,10H2,1H3,(H2,17,21). The summed E-state index contributed by atoms with van der Waals surface area (Å²) < 4.78 is 7.23. The van der Waals surface area contributed by atoms with Gasteiger partial charge in [0.25, 0.3) is 0 Å². The smallest absolute Gasteiger partial charge is 0.141 e. The van der Waals surface area contributed by atoms with Gasteiger partial charge in [-0.25, -0.2) is 4.98 Å². The van der Waals surface area contributed by atoms with E-state index in [2.05, 4.69) is 0 Å². The van der Waals surface area contributed by atoms with E-state index in [9.17, 15) is 0 Å². The highest BCUT2D eigenvalue weighted by Crippen LogP contribution is 2.26. The maximum absolute atomic E-state index is 5.73. The third kappa shape index (κ3) is 2.60. The Morgan fingerprint density at radius 3 is 2.57 bits per heavy atom. The van der Waals surface area contributed by atoms with E-state index in [1.807, 2.05) is 53.1 Å². The maximum atomic E-state index is 5.73. The summed E-state index contributed by atoms with van der Waals surface area (Å²) in [6, 6.07) is 15.8. The fourth-order valence-corrected chi connectivity index (χ4v) is 2.48. The van der Waals surface area contributed by atoms with Gasteiger partial charge in [0.05, 0.1) is 29.7 Å². The summed E-state index contributed by atoms with van der Waals surface area (Å²) in [4.78, 5) is 5.14. The number of imidazole rings is 1. The molecular weight excluding hydrogens is 282 g/mol. The lowest BCUT2D eigenvalue weighted by Gasteiger charge is -2.08. The minimum absolute atomic E-state index is 0.438. The SMILES string of the molecule is COc1ccc(-c2nc3ccccc3n2CC(N)=S)cc1. The van der Waals surface area contributed by atoms with Gasteiger partial charge in [-0.2, -0.15) is 0 Å². The number of thiocarbonyl (C=S) groups is 1. The number of rotatable bonds is 4. The summed E-state index contributed by atoms with van der Waals surface area (Å²) in [6.07, 6.45) is 0. The van der Waals surface area contributed by atoms with E-state index in [0.717, 1.165) is 28.2 Å². The van der Waals surface area contributed by atoms with Crippen LogP contribution in [0, 0.1) is 0 Å². The molecule has 0 spiro atoms. The van der Waals surface area contributed by atoms with E-state index >= 15 is 0 Å². The molecular formula is C16H15N3OS. The third-order valence-corrected chi connectivity index (χ3v) is 3.45. The Kier molecular flexibility index (Phi) is 3.58. The molecule has 0 aliphatic carbocycles. The molecule has 4 nitrogen and oxygen atoms in total. The van der Waals surface area contributed by atoms with Crippen LogP contribution in [0.4, 0.5) is 0 Å². The Hall–Kier alpha value is -2.40. The molecule has 0 radical (unpaired) electrons. The molecule has 0 aliphatic rings. The van der Waals surface area contributed by atoms with Crippen molar-refractivity contribution < 1.29 is 4.74 Å². The Bertz CT molecular complexity index is 793. The summed E-state index contributed by atoms with van der Waals surface area (Å²) in [5, 5.41) is 0. The van der Waals surface area contributed by atoms with Crippen LogP contribution in [0.1, 0.15) is 0 Å². The number of fused-ring (bicyclic) bond motifs is 1. The van der Waals surface area contributed by atoms with E-state index in [4.69, 9.17) is 27.7 Å². The summed E-state index contributed by atoms with van der Waals surface area (Å²) in [5.74, 6) is 1.67. The predicted molar refractivity (Wildman–Crippen MR) is 88.5 cm³/mol. The average molecular weight is 297 g/mol. The second kappa shape index (κ2) is 5.54. The number of benzene rings is 2. The second-order valence-corrected chi connectivity index (χ2v) is 5.23. The molecule has 0 aliphatic heterocycles. The van der Waals surface area contributed by atoms with E-state index in [0.29, 0.717) is 11.5 Å². The van der Waals surface area contributed by atoms with Crippen molar-refractivity contribution in [3.63, 3.8) is 0 Å². The molecule has 0 fully saturated rings. The van der Waals surface area contributed by atoms with Crippen molar-refractivity contribution in [3.8, 4) is 17.1 Å². The lowest BCUT2D eigenvalue weighted by Crippen LogP contribution is -2.17. The van der Waals surface area contributed by atoms with Crippen LogP contribution in [0.3, 0.4) is 0 Å². The van der Waals surface area contributed by atoms with Gasteiger partial charge in [-0.15, -0.1) is 0 Å². The van der Waals surface area contributed by atoms with Crippen molar-refractivity contribution in [2.45, 2.75) is 6.54 Å². The molecule has 0 unspecified atom stereocenters. The monoisotopic (exact) mass is 297 g/mol. The quantitative estimate of drug-likeness (QED) is 0.752. The Labute approximate surface area is 128 Å².